The Kier molecular flexibility index (Phi) is 5.04. The Morgan fingerprint density at radius 2 is 1.83 bits per heavy atom. The monoisotopic (exact) mass is 332 g/mol. The number of rotatable bonds is 5. The first kappa shape index (κ1) is 17.3. The van der Waals surface area contributed by atoms with Crippen molar-refractivity contribution >= 4 is 5.82 Å². The van der Waals surface area contributed by atoms with Crippen LogP contribution in [0.5, 0.6) is 5.75 Å². The van der Waals surface area contributed by atoms with Gasteiger partial charge >= 0.3 is 5.69 Å². The summed E-state index contributed by atoms with van der Waals surface area (Å²) in [6.45, 7) is 0.558. The minimum Gasteiger partial charge on any atom is -0.492 e. The van der Waals surface area contributed by atoms with E-state index >= 15 is 0 Å². The van der Waals surface area contributed by atoms with Crippen LogP contribution in [0.2, 0.25) is 0 Å². The predicted molar refractivity (Wildman–Crippen MR) is 86.8 cm³/mol. The average Bonchev–Trinajstić information content (AvgIpc) is 2.57. The lowest BCUT2D eigenvalue weighted by atomic mass is 10.3. The van der Waals surface area contributed by atoms with Crippen LogP contribution in [-0.2, 0) is 14.1 Å². The van der Waals surface area contributed by atoms with Gasteiger partial charge < -0.3 is 9.64 Å². The van der Waals surface area contributed by atoms with Crippen LogP contribution in [0.3, 0.4) is 0 Å². The van der Waals surface area contributed by atoms with Crippen LogP contribution in [0, 0.1) is 17.1 Å². The molecule has 0 unspecified atom stereocenters. The topological polar surface area (TPSA) is 80.3 Å². The van der Waals surface area contributed by atoms with E-state index in [2.05, 4.69) is 0 Å². The maximum absolute atomic E-state index is 12.8. The number of hydrogen-bond acceptors (Lipinski definition) is 5. The van der Waals surface area contributed by atoms with Gasteiger partial charge in [-0.3, -0.25) is 13.9 Å². The van der Waals surface area contributed by atoms with Gasteiger partial charge in [-0.15, -0.1) is 0 Å². The molecule has 0 aliphatic heterocycles. The fourth-order valence-corrected chi connectivity index (χ4v) is 2.32. The Morgan fingerprint density at radius 3 is 2.42 bits per heavy atom. The van der Waals surface area contributed by atoms with Gasteiger partial charge in [0.05, 0.1) is 6.54 Å². The van der Waals surface area contributed by atoms with E-state index in [-0.39, 0.29) is 23.8 Å². The van der Waals surface area contributed by atoms with Gasteiger partial charge in [0.2, 0.25) is 0 Å². The Labute approximate surface area is 137 Å². The van der Waals surface area contributed by atoms with Gasteiger partial charge in [0, 0.05) is 21.1 Å². The molecule has 0 aliphatic rings. The van der Waals surface area contributed by atoms with Crippen molar-refractivity contribution in [2.75, 3.05) is 25.1 Å². The molecule has 2 aromatic rings. The predicted octanol–water partition coefficient (Wildman–Crippen LogP) is 0.610. The molecule has 0 spiro atoms. The molecule has 0 bridgehead atoms. The number of nitrogens with zero attached hydrogens (tertiary/aromatic N) is 4. The van der Waals surface area contributed by atoms with Crippen LogP contribution < -0.4 is 20.9 Å². The van der Waals surface area contributed by atoms with E-state index in [0.29, 0.717) is 12.3 Å². The minimum absolute atomic E-state index is 0.108. The fraction of sp³-hybridized carbons (Fsp3) is 0.312. The fourth-order valence-electron chi connectivity index (χ4n) is 2.32. The second-order valence-corrected chi connectivity index (χ2v) is 5.24. The number of halogens is 1. The largest absolute Gasteiger partial charge is 0.492 e. The lowest BCUT2D eigenvalue weighted by molar-refractivity contribution is 0.324. The molecule has 1 aromatic heterocycles. The number of aromatic nitrogens is 2. The summed E-state index contributed by atoms with van der Waals surface area (Å²) in [5.41, 5.74) is -1.26. The van der Waals surface area contributed by atoms with E-state index < -0.39 is 11.2 Å². The number of likely N-dealkylation sites (N-methyl/N-ethyl adjacent to an activating group) is 1. The molecule has 1 aromatic carbocycles. The second-order valence-electron chi connectivity index (χ2n) is 5.24. The molecule has 8 heteroatoms. The lowest BCUT2D eigenvalue weighted by Gasteiger charge is -2.23. The van der Waals surface area contributed by atoms with Crippen molar-refractivity contribution in [2.45, 2.75) is 0 Å². The third-order valence-corrected chi connectivity index (χ3v) is 3.62. The molecular weight excluding hydrogens is 315 g/mol. The van der Waals surface area contributed by atoms with Gasteiger partial charge in [0.25, 0.3) is 5.56 Å². The minimum atomic E-state index is -0.637. The van der Waals surface area contributed by atoms with Crippen molar-refractivity contribution in [3.05, 3.63) is 56.5 Å². The number of hydrogen-bond donors (Lipinski definition) is 0. The molecule has 0 saturated carbocycles. The Balaban J connectivity index is 2.20. The zero-order valence-corrected chi connectivity index (χ0v) is 13.6. The van der Waals surface area contributed by atoms with Crippen molar-refractivity contribution in [3.63, 3.8) is 0 Å². The highest BCUT2D eigenvalue weighted by molar-refractivity contribution is 5.52. The lowest BCUT2D eigenvalue weighted by Crippen LogP contribution is -2.42. The van der Waals surface area contributed by atoms with Crippen LogP contribution in [0.25, 0.3) is 0 Å². The highest BCUT2D eigenvalue weighted by atomic mass is 19.1. The Bertz CT molecular complexity index is 894. The third-order valence-electron chi connectivity index (χ3n) is 3.62. The van der Waals surface area contributed by atoms with Crippen LogP contribution in [0.4, 0.5) is 10.2 Å². The summed E-state index contributed by atoms with van der Waals surface area (Å²) in [4.78, 5) is 25.7. The van der Waals surface area contributed by atoms with Gasteiger partial charge in [-0.1, -0.05) is 0 Å². The van der Waals surface area contributed by atoms with E-state index in [1.807, 2.05) is 6.07 Å². The van der Waals surface area contributed by atoms with Crippen LogP contribution in [0.1, 0.15) is 5.56 Å². The van der Waals surface area contributed by atoms with Gasteiger partial charge in [-0.05, 0) is 24.3 Å². The number of benzene rings is 1. The molecular formula is C16H17FN4O3. The average molecular weight is 332 g/mol. The molecule has 1 heterocycles. The van der Waals surface area contributed by atoms with Crippen LogP contribution >= 0.6 is 0 Å². The summed E-state index contributed by atoms with van der Waals surface area (Å²) in [6, 6.07) is 7.44. The molecule has 0 aliphatic carbocycles. The molecule has 2 rings (SSSR count). The first-order valence-electron chi connectivity index (χ1n) is 7.16. The van der Waals surface area contributed by atoms with Crippen molar-refractivity contribution < 1.29 is 9.13 Å². The summed E-state index contributed by atoms with van der Waals surface area (Å²) >= 11 is 0. The maximum atomic E-state index is 12.8. The van der Waals surface area contributed by atoms with Gasteiger partial charge in [-0.2, -0.15) is 5.26 Å². The number of ether oxygens (including phenoxy) is 1. The molecule has 126 valence electrons. The van der Waals surface area contributed by atoms with Crippen molar-refractivity contribution in [2.24, 2.45) is 14.1 Å². The van der Waals surface area contributed by atoms with Gasteiger partial charge in [0.15, 0.2) is 5.56 Å². The Morgan fingerprint density at radius 1 is 1.21 bits per heavy atom. The van der Waals surface area contributed by atoms with Crippen molar-refractivity contribution in [3.8, 4) is 11.8 Å². The number of anilines is 1. The SMILES string of the molecule is CN(CCOc1ccc(F)cc1)c1c(C#N)c(=O)n(C)c(=O)n1C. The van der Waals surface area contributed by atoms with Crippen molar-refractivity contribution in [1.29, 1.82) is 5.26 Å². The van der Waals surface area contributed by atoms with E-state index in [1.165, 1.54) is 42.9 Å². The summed E-state index contributed by atoms with van der Waals surface area (Å²) in [7, 11) is 4.48. The quantitative estimate of drug-likeness (QED) is 0.801. The van der Waals surface area contributed by atoms with E-state index in [1.54, 1.807) is 11.9 Å². The summed E-state index contributed by atoms with van der Waals surface area (Å²) in [6.07, 6.45) is 0. The molecule has 0 saturated heterocycles. The molecule has 0 N–H and O–H groups in total. The smallest absolute Gasteiger partial charge is 0.332 e. The maximum Gasteiger partial charge on any atom is 0.332 e. The molecule has 0 fully saturated rings. The third kappa shape index (κ3) is 3.30. The van der Waals surface area contributed by atoms with E-state index in [9.17, 15) is 19.2 Å². The summed E-state index contributed by atoms with van der Waals surface area (Å²) in [5, 5.41) is 9.25. The molecule has 7 nitrogen and oxygen atoms in total. The van der Waals surface area contributed by atoms with E-state index in [0.717, 1.165) is 4.57 Å². The molecule has 0 amide bonds. The molecule has 0 radical (unpaired) electrons. The first-order chi connectivity index (χ1) is 11.4. The van der Waals surface area contributed by atoms with Crippen LogP contribution in [0.15, 0.2) is 33.9 Å². The summed E-state index contributed by atoms with van der Waals surface area (Å²) < 4.78 is 20.5. The normalized spacial score (nSPS) is 10.3. The second kappa shape index (κ2) is 7.00. The highest BCUT2D eigenvalue weighted by Crippen LogP contribution is 2.14. The summed E-state index contributed by atoms with van der Waals surface area (Å²) in [5.74, 6) is 0.379. The number of nitriles is 1. The zero-order chi connectivity index (χ0) is 17.9. The zero-order valence-electron chi connectivity index (χ0n) is 13.6. The van der Waals surface area contributed by atoms with Gasteiger partial charge in [0.1, 0.15) is 30.1 Å². The van der Waals surface area contributed by atoms with Gasteiger partial charge in [-0.25, -0.2) is 9.18 Å². The first-order valence-corrected chi connectivity index (χ1v) is 7.16. The molecule has 0 atom stereocenters. The standard InChI is InChI=1S/C16H17FN4O3/c1-19(8-9-24-12-6-4-11(17)5-7-12)14-13(10-18)15(22)21(3)16(23)20(14)2/h4-7H,8-9H2,1-3H3. The van der Waals surface area contributed by atoms with Crippen molar-refractivity contribution in [1.82, 2.24) is 9.13 Å². The molecule has 24 heavy (non-hydrogen) atoms. The van der Waals surface area contributed by atoms with E-state index in [4.69, 9.17) is 4.74 Å². The van der Waals surface area contributed by atoms with Crippen LogP contribution in [-0.4, -0.2) is 29.3 Å². The Hall–Kier alpha value is -3.08. The highest BCUT2D eigenvalue weighted by Gasteiger charge is 2.18.